The molecule has 39 heavy (non-hydrogen) atoms. The van der Waals surface area contributed by atoms with Crippen molar-refractivity contribution < 1.29 is 28.7 Å². The average molecular weight is 529 g/mol. The summed E-state index contributed by atoms with van der Waals surface area (Å²) in [6.07, 6.45) is 0.000463. The molecule has 1 aliphatic carbocycles. The number of anilines is 1. The highest BCUT2D eigenvalue weighted by atomic mass is 16.6. The number of fused-ring (bicyclic) bond motifs is 2. The Morgan fingerprint density at radius 1 is 0.821 bits per heavy atom. The Morgan fingerprint density at radius 3 is 2.15 bits per heavy atom. The number of carbonyl (C=O) groups is 4. The van der Waals surface area contributed by atoms with E-state index in [-0.39, 0.29) is 24.6 Å². The highest BCUT2D eigenvalue weighted by Crippen LogP contribution is 2.31. The maximum absolute atomic E-state index is 13.1. The highest BCUT2D eigenvalue weighted by molar-refractivity contribution is 6.30. The fourth-order valence-corrected chi connectivity index (χ4v) is 4.35. The van der Waals surface area contributed by atoms with Crippen LogP contribution in [-0.4, -0.2) is 48.4 Å². The van der Waals surface area contributed by atoms with Gasteiger partial charge in [0.15, 0.2) is 11.6 Å². The summed E-state index contributed by atoms with van der Waals surface area (Å²) in [4.78, 5) is 51.3. The molecule has 1 amide bonds. The maximum atomic E-state index is 13.1. The molecule has 2 N–H and O–H groups in total. The van der Waals surface area contributed by atoms with Crippen LogP contribution in [0, 0.1) is 0 Å². The molecule has 1 atom stereocenters. The van der Waals surface area contributed by atoms with E-state index in [1.54, 1.807) is 63.2 Å². The lowest BCUT2D eigenvalue weighted by atomic mass is 9.83. The number of rotatable bonds is 9. The summed E-state index contributed by atoms with van der Waals surface area (Å²) in [6, 6.07) is 20.3. The van der Waals surface area contributed by atoms with Gasteiger partial charge in [-0.15, -0.1) is 0 Å². The molecule has 3 aromatic carbocycles. The van der Waals surface area contributed by atoms with Crippen molar-refractivity contribution in [2.75, 3.05) is 18.5 Å². The zero-order valence-corrected chi connectivity index (χ0v) is 22.3. The molecule has 0 saturated carbocycles. The van der Waals surface area contributed by atoms with Gasteiger partial charge in [-0.05, 0) is 38.8 Å². The normalized spacial score (nSPS) is 13.1. The highest BCUT2D eigenvalue weighted by Gasteiger charge is 2.31. The van der Waals surface area contributed by atoms with Gasteiger partial charge in [-0.2, -0.15) is 0 Å². The Morgan fingerprint density at radius 2 is 1.46 bits per heavy atom. The Kier molecular flexibility index (Phi) is 8.44. The molecule has 0 unspecified atom stereocenters. The molecule has 0 aromatic heterocycles. The average Bonchev–Trinajstić information content (AvgIpc) is 2.90. The molecular weight excluding hydrogens is 496 g/mol. The minimum absolute atomic E-state index is 0.0951. The van der Waals surface area contributed by atoms with Crippen molar-refractivity contribution in [3.05, 3.63) is 101 Å². The van der Waals surface area contributed by atoms with Crippen LogP contribution in [0.2, 0.25) is 0 Å². The maximum Gasteiger partial charge on any atom is 0.408 e. The van der Waals surface area contributed by atoms with Crippen LogP contribution in [0.5, 0.6) is 0 Å². The van der Waals surface area contributed by atoms with E-state index in [0.717, 1.165) is 5.56 Å². The van der Waals surface area contributed by atoms with Crippen molar-refractivity contribution in [2.24, 2.45) is 0 Å². The van der Waals surface area contributed by atoms with Crippen molar-refractivity contribution >= 4 is 29.3 Å². The van der Waals surface area contributed by atoms with Crippen LogP contribution in [0.4, 0.5) is 10.5 Å². The molecule has 3 aromatic rings. The van der Waals surface area contributed by atoms with Gasteiger partial charge in [0.25, 0.3) is 0 Å². The van der Waals surface area contributed by atoms with Gasteiger partial charge in [-0.3, -0.25) is 9.59 Å². The molecular formula is C31H32N2O6. The van der Waals surface area contributed by atoms with Gasteiger partial charge in [0.2, 0.25) is 0 Å². The summed E-state index contributed by atoms with van der Waals surface area (Å²) >= 11 is 0. The Hall–Kier alpha value is -4.46. The zero-order chi connectivity index (χ0) is 28.0. The molecule has 0 spiro atoms. The second-order valence-corrected chi connectivity index (χ2v) is 10.3. The second kappa shape index (κ2) is 11.9. The first-order valence-corrected chi connectivity index (χ1v) is 12.9. The van der Waals surface area contributed by atoms with Crippen LogP contribution in [0.25, 0.3) is 0 Å². The lowest BCUT2D eigenvalue weighted by Crippen LogP contribution is -2.45. The number of ketones is 2. The SMILES string of the molecule is CC(C)(C)OC(=O)N[C@H](Cc1ccccc1)C(=O)OCCCNc1cccc2c1C(=O)c1ccccc1C2=O. The van der Waals surface area contributed by atoms with E-state index in [1.165, 1.54) is 0 Å². The number of esters is 1. The third-order valence-electron chi connectivity index (χ3n) is 6.09. The number of nitrogens with one attached hydrogen (secondary N) is 2. The van der Waals surface area contributed by atoms with Crippen molar-refractivity contribution in [2.45, 2.75) is 45.3 Å². The molecule has 8 nitrogen and oxygen atoms in total. The summed E-state index contributed by atoms with van der Waals surface area (Å²) in [6.45, 7) is 5.73. The number of benzene rings is 3. The molecule has 0 radical (unpaired) electrons. The predicted octanol–water partition coefficient (Wildman–Crippen LogP) is 4.94. The number of amides is 1. The van der Waals surface area contributed by atoms with E-state index in [4.69, 9.17) is 9.47 Å². The third kappa shape index (κ3) is 6.90. The molecule has 0 bridgehead atoms. The molecule has 4 rings (SSSR count). The zero-order valence-electron chi connectivity index (χ0n) is 22.3. The summed E-state index contributed by atoms with van der Waals surface area (Å²) in [7, 11) is 0. The van der Waals surface area contributed by atoms with Crippen LogP contribution in [0.1, 0.15) is 64.6 Å². The first-order chi connectivity index (χ1) is 18.6. The van der Waals surface area contributed by atoms with E-state index in [2.05, 4.69) is 10.6 Å². The van der Waals surface area contributed by atoms with Gasteiger partial charge < -0.3 is 20.1 Å². The van der Waals surface area contributed by atoms with E-state index >= 15 is 0 Å². The Balaban J connectivity index is 1.34. The lowest BCUT2D eigenvalue weighted by molar-refractivity contribution is -0.146. The van der Waals surface area contributed by atoms with Crippen LogP contribution in [-0.2, 0) is 20.7 Å². The van der Waals surface area contributed by atoms with Crippen LogP contribution < -0.4 is 10.6 Å². The second-order valence-electron chi connectivity index (χ2n) is 10.3. The third-order valence-corrected chi connectivity index (χ3v) is 6.09. The van der Waals surface area contributed by atoms with Gasteiger partial charge >= 0.3 is 12.1 Å². The fourth-order valence-electron chi connectivity index (χ4n) is 4.35. The number of carbonyl (C=O) groups excluding carboxylic acids is 4. The van der Waals surface area contributed by atoms with Crippen molar-refractivity contribution in [3.63, 3.8) is 0 Å². The van der Waals surface area contributed by atoms with Crippen LogP contribution in [0.15, 0.2) is 72.8 Å². The van der Waals surface area contributed by atoms with Crippen LogP contribution in [0.3, 0.4) is 0 Å². The van der Waals surface area contributed by atoms with Gasteiger partial charge in [0, 0.05) is 35.3 Å². The van der Waals surface area contributed by atoms with E-state index in [9.17, 15) is 19.2 Å². The van der Waals surface area contributed by atoms with E-state index in [0.29, 0.717) is 40.9 Å². The largest absolute Gasteiger partial charge is 0.464 e. The molecule has 202 valence electrons. The van der Waals surface area contributed by atoms with Gasteiger partial charge in [0.05, 0.1) is 12.2 Å². The van der Waals surface area contributed by atoms with Crippen molar-refractivity contribution in [1.29, 1.82) is 0 Å². The topological polar surface area (TPSA) is 111 Å². The quantitative estimate of drug-likeness (QED) is 0.234. The minimum atomic E-state index is -0.917. The van der Waals surface area contributed by atoms with Crippen molar-refractivity contribution in [1.82, 2.24) is 5.32 Å². The number of ether oxygens (including phenoxy) is 2. The first-order valence-electron chi connectivity index (χ1n) is 12.9. The van der Waals surface area contributed by atoms with E-state index < -0.39 is 23.7 Å². The summed E-state index contributed by atoms with van der Waals surface area (Å²) in [5.74, 6) is -0.953. The van der Waals surface area contributed by atoms with Crippen LogP contribution >= 0.6 is 0 Å². The molecule has 1 aliphatic rings. The predicted molar refractivity (Wildman–Crippen MR) is 147 cm³/mol. The van der Waals surface area contributed by atoms with Crippen molar-refractivity contribution in [3.8, 4) is 0 Å². The smallest absolute Gasteiger partial charge is 0.408 e. The first kappa shape index (κ1) is 27.6. The monoisotopic (exact) mass is 528 g/mol. The molecule has 0 heterocycles. The minimum Gasteiger partial charge on any atom is -0.464 e. The summed E-state index contributed by atoms with van der Waals surface area (Å²) < 4.78 is 10.8. The summed E-state index contributed by atoms with van der Waals surface area (Å²) in [5.41, 5.74) is 2.23. The number of hydrogen-bond donors (Lipinski definition) is 2. The summed E-state index contributed by atoms with van der Waals surface area (Å²) in [5, 5.41) is 5.82. The fraction of sp³-hybridized carbons (Fsp3) is 0.290. The van der Waals surface area contributed by atoms with Gasteiger partial charge in [-0.25, -0.2) is 9.59 Å². The molecule has 0 fully saturated rings. The Bertz CT molecular complexity index is 1380. The lowest BCUT2D eigenvalue weighted by Gasteiger charge is -2.23. The number of hydrogen-bond acceptors (Lipinski definition) is 7. The van der Waals surface area contributed by atoms with Gasteiger partial charge in [-0.1, -0.05) is 66.7 Å². The molecule has 0 aliphatic heterocycles. The van der Waals surface area contributed by atoms with E-state index in [1.807, 2.05) is 30.3 Å². The molecule has 0 saturated heterocycles. The van der Waals surface area contributed by atoms with Gasteiger partial charge in [0.1, 0.15) is 11.6 Å². The number of alkyl carbamates (subject to hydrolysis) is 1. The standard InChI is InChI=1S/C31H32N2O6/c1-31(2,3)39-30(37)33-25(19-20-11-5-4-6-12-20)29(36)38-18-10-17-32-24-16-9-15-23-26(24)28(35)22-14-8-7-13-21(22)27(23)34/h4-9,11-16,25,32H,10,17-19H2,1-3H3,(H,33,37)/t25-/m1/s1. The Labute approximate surface area is 227 Å². The molecule has 8 heteroatoms.